The number of aromatic nitrogens is 3. The minimum atomic E-state index is 0.137. The summed E-state index contributed by atoms with van der Waals surface area (Å²) in [6.07, 6.45) is 7.78. The topological polar surface area (TPSA) is 62.2 Å². The van der Waals surface area contributed by atoms with Gasteiger partial charge in [0.05, 0.1) is 18.3 Å². The molecule has 0 atom stereocenters. The van der Waals surface area contributed by atoms with Crippen molar-refractivity contribution in [3.8, 4) is 11.4 Å². The van der Waals surface area contributed by atoms with Crippen LogP contribution in [-0.4, -0.2) is 40.0 Å². The molecule has 5 rings (SSSR count). The molecule has 3 aromatic rings. The Morgan fingerprint density at radius 2 is 1.84 bits per heavy atom. The lowest BCUT2D eigenvalue weighted by molar-refractivity contribution is -0.117. The van der Waals surface area contributed by atoms with Crippen LogP contribution in [-0.2, 0) is 11.2 Å². The van der Waals surface area contributed by atoms with Crippen LogP contribution in [0.4, 0.5) is 11.5 Å². The average Bonchev–Trinajstić information content (AvgIpc) is 3.14. The smallest absolute Gasteiger partial charge is 0.233 e. The molecule has 0 spiro atoms. The predicted octanol–water partition coefficient (Wildman–Crippen LogP) is 4.22. The summed E-state index contributed by atoms with van der Waals surface area (Å²) in [4.78, 5) is 31.0. The highest BCUT2D eigenvalue weighted by molar-refractivity contribution is 6.00. The van der Waals surface area contributed by atoms with Crippen LogP contribution in [0.2, 0.25) is 0 Å². The van der Waals surface area contributed by atoms with Gasteiger partial charge in [-0.25, -0.2) is 9.97 Å². The quantitative estimate of drug-likeness (QED) is 0.641. The Morgan fingerprint density at radius 3 is 2.58 bits per heavy atom. The lowest BCUT2D eigenvalue weighted by Gasteiger charge is -2.37. The maximum Gasteiger partial charge on any atom is 0.233 e. The second kappa shape index (κ2) is 8.10. The zero-order valence-electron chi connectivity index (χ0n) is 18.0. The van der Waals surface area contributed by atoms with Crippen molar-refractivity contribution < 1.29 is 4.79 Å². The first-order valence-electron chi connectivity index (χ1n) is 11.0. The van der Waals surface area contributed by atoms with Gasteiger partial charge in [-0.15, -0.1) is 0 Å². The van der Waals surface area contributed by atoms with Gasteiger partial charge >= 0.3 is 0 Å². The summed E-state index contributed by atoms with van der Waals surface area (Å²) in [5, 5.41) is 0. The molecule has 0 radical (unpaired) electrons. The Kier molecular flexibility index (Phi) is 5.14. The second-order valence-corrected chi connectivity index (χ2v) is 8.65. The Bertz CT molecular complexity index is 1090. The van der Waals surface area contributed by atoms with E-state index in [4.69, 9.17) is 4.98 Å². The van der Waals surface area contributed by atoms with E-state index in [2.05, 4.69) is 53.0 Å². The summed E-state index contributed by atoms with van der Waals surface area (Å²) in [7, 11) is 0. The van der Waals surface area contributed by atoms with Gasteiger partial charge in [-0.1, -0.05) is 38.1 Å². The minimum Gasteiger partial charge on any atom is -0.370 e. The van der Waals surface area contributed by atoms with Crippen molar-refractivity contribution in [3.05, 3.63) is 66.1 Å². The maximum absolute atomic E-state index is 12.9. The molecule has 1 saturated heterocycles. The van der Waals surface area contributed by atoms with E-state index in [9.17, 15) is 4.79 Å². The first kappa shape index (κ1) is 19.7. The molecule has 1 aromatic carbocycles. The largest absolute Gasteiger partial charge is 0.370 e. The molecule has 1 fully saturated rings. The molecule has 158 valence electrons. The fourth-order valence-electron chi connectivity index (χ4n) is 4.73. The number of fused-ring (bicyclic) bond motifs is 1. The number of nitrogens with zero attached hydrogens (tertiary/aromatic N) is 5. The van der Waals surface area contributed by atoms with Crippen LogP contribution in [0.5, 0.6) is 0 Å². The number of amides is 1. The van der Waals surface area contributed by atoms with Crippen LogP contribution in [0.15, 0.2) is 55.0 Å². The number of hydrogen-bond donors (Lipinski definition) is 0. The first-order chi connectivity index (χ1) is 15.1. The number of carbonyl (C=O) groups excluding carboxylic acids is 1. The summed E-state index contributed by atoms with van der Waals surface area (Å²) < 4.78 is 0. The van der Waals surface area contributed by atoms with Crippen LogP contribution in [0.25, 0.3) is 11.4 Å². The fourth-order valence-corrected chi connectivity index (χ4v) is 4.73. The summed E-state index contributed by atoms with van der Waals surface area (Å²) >= 11 is 0. The van der Waals surface area contributed by atoms with Gasteiger partial charge in [0, 0.05) is 42.7 Å². The molecule has 0 N–H and O–H groups in total. The number of anilines is 2. The highest BCUT2D eigenvalue weighted by Gasteiger charge is 2.36. The van der Waals surface area contributed by atoms with E-state index >= 15 is 0 Å². The Morgan fingerprint density at radius 1 is 1.03 bits per heavy atom. The Balaban J connectivity index is 1.41. The van der Waals surface area contributed by atoms with Gasteiger partial charge in [0.15, 0.2) is 5.82 Å². The van der Waals surface area contributed by atoms with Gasteiger partial charge < -0.3 is 4.90 Å². The number of carbonyl (C=O) groups is 1. The molecule has 4 heterocycles. The molecule has 2 aliphatic heterocycles. The molecule has 0 unspecified atom stereocenters. The maximum atomic E-state index is 12.9. The first-order valence-corrected chi connectivity index (χ1v) is 11.0. The number of benzene rings is 1. The highest BCUT2D eigenvalue weighted by atomic mass is 16.2. The van der Waals surface area contributed by atoms with Crippen molar-refractivity contribution in [1.29, 1.82) is 0 Å². The molecule has 0 bridgehead atoms. The van der Waals surface area contributed by atoms with Crippen molar-refractivity contribution in [1.82, 2.24) is 15.0 Å². The van der Waals surface area contributed by atoms with Crippen LogP contribution in [0.3, 0.4) is 0 Å². The van der Waals surface area contributed by atoms with E-state index in [-0.39, 0.29) is 11.9 Å². The van der Waals surface area contributed by atoms with Gasteiger partial charge in [-0.05, 0) is 36.5 Å². The number of piperidine rings is 1. The molecule has 0 saturated carbocycles. The van der Waals surface area contributed by atoms with Crippen molar-refractivity contribution in [2.24, 2.45) is 0 Å². The monoisotopic (exact) mass is 413 g/mol. The molecule has 6 heteroatoms. The van der Waals surface area contributed by atoms with Crippen molar-refractivity contribution in [2.75, 3.05) is 22.9 Å². The van der Waals surface area contributed by atoms with E-state index in [1.54, 1.807) is 6.20 Å². The number of pyridine rings is 1. The lowest BCUT2D eigenvalue weighted by Crippen LogP contribution is -2.46. The molecule has 31 heavy (non-hydrogen) atoms. The van der Waals surface area contributed by atoms with E-state index < -0.39 is 0 Å². The van der Waals surface area contributed by atoms with Crippen LogP contribution in [0.1, 0.15) is 43.7 Å². The third-order valence-corrected chi connectivity index (χ3v) is 6.34. The zero-order chi connectivity index (χ0) is 21.4. The normalized spacial score (nSPS) is 16.8. The molecule has 0 aliphatic carbocycles. The standard InChI is InChI=1S/C25H27N5O/c1-17(2)21-7-3-4-8-22(21)24-27-15-18-14-23(31)30(25(18)28-24)19-9-12-29(13-10-19)20-6-5-11-26-16-20/h3-8,11,15-17,19H,9-10,12-14H2,1-2H3. The van der Waals surface area contributed by atoms with Crippen LogP contribution >= 0.6 is 0 Å². The van der Waals surface area contributed by atoms with Gasteiger partial charge in [0.25, 0.3) is 0 Å². The molecule has 1 amide bonds. The average molecular weight is 414 g/mol. The Hall–Kier alpha value is -3.28. The van der Waals surface area contributed by atoms with E-state index in [0.717, 1.165) is 48.6 Å². The SMILES string of the molecule is CC(C)c1ccccc1-c1ncc2c(n1)N(C1CCN(c3cccnc3)CC1)C(=O)C2. The summed E-state index contributed by atoms with van der Waals surface area (Å²) in [6.45, 7) is 6.17. The minimum absolute atomic E-state index is 0.137. The highest BCUT2D eigenvalue weighted by Crippen LogP contribution is 2.35. The lowest BCUT2D eigenvalue weighted by atomic mass is 9.97. The summed E-state index contributed by atoms with van der Waals surface area (Å²) in [5.41, 5.74) is 4.35. The van der Waals surface area contributed by atoms with Gasteiger partial charge in [0.2, 0.25) is 5.91 Å². The molecular weight excluding hydrogens is 386 g/mol. The molecule has 2 aromatic heterocycles. The molecule has 6 nitrogen and oxygen atoms in total. The van der Waals surface area contributed by atoms with E-state index in [1.807, 2.05) is 29.4 Å². The number of rotatable bonds is 4. The zero-order valence-corrected chi connectivity index (χ0v) is 18.0. The third kappa shape index (κ3) is 3.67. The fraction of sp³-hybridized carbons (Fsp3) is 0.360. The number of hydrogen-bond acceptors (Lipinski definition) is 5. The van der Waals surface area contributed by atoms with Crippen LogP contribution in [0, 0.1) is 0 Å². The van der Waals surface area contributed by atoms with Crippen molar-refractivity contribution >= 4 is 17.4 Å². The summed E-state index contributed by atoms with van der Waals surface area (Å²) in [6, 6.07) is 12.5. The summed E-state index contributed by atoms with van der Waals surface area (Å²) in [5.74, 6) is 2.02. The van der Waals surface area contributed by atoms with E-state index in [1.165, 1.54) is 5.56 Å². The van der Waals surface area contributed by atoms with Crippen molar-refractivity contribution in [2.45, 2.75) is 45.1 Å². The van der Waals surface area contributed by atoms with Gasteiger partial charge in [-0.2, -0.15) is 0 Å². The molecule has 2 aliphatic rings. The van der Waals surface area contributed by atoms with Crippen molar-refractivity contribution in [3.63, 3.8) is 0 Å². The van der Waals surface area contributed by atoms with Crippen LogP contribution < -0.4 is 9.80 Å². The van der Waals surface area contributed by atoms with E-state index in [0.29, 0.717) is 18.2 Å². The Labute approximate surface area is 183 Å². The third-order valence-electron chi connectivity index (χ3n) is 6.34. The molecular formula is C25H27N5O. The predicted molar refractivity (Wildman–Crippen MR) is 122 cm³/mol. The van der Waals surface area contributed by atoms with Gasteiger partial charge in [-0.3, -0.25) is 14.7 Å². The van der Waals surface area contributed by atoms with Gasteiger partial charge in [0.1, 0.15) is 5.82 Å². The second-order valence-electron chi connectivity index (χ2n) is 8.65.